The normalized spacial score (nSPS) is 19.0. The number of benzene rings is 2. The van der Waals surface area contributed by atoms with Crippen LogP contribution in [-0.2, 0) is 0 Å². The quantitative estimate of drug-likeness (QED) is 0.497. The number of nitriles is 1. The van der Waals surface area contributed by atoms with Crippen molar-refractivity contribution in [2.75, 3.05) is 11.9 Å². The fraction of sp³-hybridized carbons (Fsp3) is 0.348. The molecule has 2 nitrogen and oxygen atoms in total. The van der Waals surface area contributed by atoms with E-state index < -0.39 is 0 Å². The smallest absolute Gasteiger partial charge is 0.123 e. The van der Waals surface area contributed by atoms with Crippen LogP contribution in [0.4, 0.5) is 10.1 Å². The average molecular weight is 348 g/mol. The summed E-state index contributed by atoms with van der Waals surface area (Å²) in [5, 5.41) is 9.58. The highest BCUT2D eigenvalue weighted by molar-refractivity contribution is 5.90. The van der Waals surface area contributed by atoms with Crippen LogP contribution in [0.5, 0.6) is 0 Å². The molecule has 2 aromatic rings. The maximum Gasteiger partial charge on any atom is 0.123 e. The first-order chi connectivity index (χ1) is 12.2. The van der Waals surface area contributed by atoms with Gasteiger partial charge in [0.05, 0.1) is 11.6 Å². The van der Waals surface area contributed by atoms with E-state index in [2.05, 4.69) is 57.8 Å². The van der Waals surface area contributed by atoms with Crippen molar-refractivity contribution >= 4 is 17.3 Å². The van der Waals surface area contributed by atoms with Gasteiger partial charge in [0.2, 0.25) is 0 Å². The van der Waals surface area contributed by atoms with Gasteiger partial charge in [0.1, 0.15) is 5.82 Å². The molecule has 26 heavy (non-hydrogen) atoms. The minimum atomic E-state index is -0.296. The summed E-state index contributed by atoms with van der Waals surface area (Å²) in [5.74, 6) is 0.163. The number of aryl methyl sites for hydroxylation is 1. The summed E-state index contributed by atoms with van der Waals surface area (Å²) in [7, 11) is 2.15. The molecule has 1 atom stereocenters. The van der Waals surface area contributed by atoms with Gasteiger partial charge in [-0.2, -0.15) is 5.26 Å². The molecule has 0 saturated carbocycles. The molecular formula is C23H25FN2. The van der Waals surface area contributed by atoms with E-state index >= 15 is 0 Å². The number of anilines is 1. The monoisotopic (exact) mass is 348 g/mol. The molecule has 134 valence electrons. The minimum Gasteiger partial charge on any atom is -0.369 e. The Kier molecular flexibility index (Phi) is 4.63. The van der Waals surface area contributed by atoms with Gasteiger partial charge in [0.25, 0.3) is 0 Å². The molecule has 0 aliphatic carbocycles. The predicted octanol–water partition coefficient (Wildman–Crippen LogP) is 5.92. The maximum absolute atomic E-state index is 13.2. The molecule has 0 aromatic heterocycles. The van der Waals surface area contributed by atoms with Crippen molar-refractivity contribution in [3.63, 3.8) is 0 Å². The van der Waals surface area contributed by atoms with E-state index in [-0.39, 0.29) is 11.4 Å². The van der Waals surface area contributed by atoms with Crippen LogP contribution in [0.15, 0.2) is 36.4 Å². The molecular weight excluding hydrogens is 323 g/mol. The first-order valence-corrected chi connectivity index (χ1v) is 8.99. The van der Waals surface area contributed by atoms with Crippen LogP contribution < -0.4 is 4.90 Å². The van der Waals surface area contributed by atoms with Crippen LogP contribution in [0.1, 0.15) is 55.4 Å². The topological polar surface area (TPSA) is 27.0 Å². The Morgan fingerprint density at radius 3 is 2.54 bits per heavy atom. The maximum atomic E-state index is 13.2. The third kappa shape index (κ3) is 3.24. The fourth-order valence-electron chi connectivity index (χ4n) is 3.86. The lowest BCUT2D eigenvalue weighted by atomic mass is 9.79. The number of halogens is 1. The van der Waals surface area contributed by atoms with E-state index in [1.54, 1.807) is 12.1 Å². The Balaban J connectivity index is 2.08. The molecule has 0 unspecified atom stereocenters. The lowest BCUT2D eigenvalue weighted by Crippen LogP contribution is -2.45. The van der Waals surface area contributed by atoms with Crippen molar-refractivity contribution in [3.8, 4) is 6.07 Å². The second-order valence-electron chi connectivity index (χ2n) is 7.92. The SMILES string of the molecule is Cc1cc2c(cc1/C=C(/C#N)c1ccc(F)cc1)[C@@H](C)CC(C)(C)N2C. The first kappa shape index (κ1) is 18.2. The second-order valence-corrected chi connectivity index (χ2v) is 7.92. The summed E-state index contributed by atoms with van der Waals surface area (Å²) in [5.41, 5.74) is 6.17. The Morgan fingerprint density at radius 1 is 1.27 bits per heavy atom. The Labute approximate surface area is 155 Å². The van der Waals surface area contributed by atoms with Gasteiger partial charge in [0.15, 0.2) is 0 Å². The van der Waals surface area contributed by atoms with Crippen molar-refractivity contribution in [1.29, 1.82) is 5.26 Å². The largest absolute Gasteiger partial charge is 0.369 e. The summed E-state index contributed by atoms with van der Waals surface area (Å²) in [6.45, 7) is 8.89. The number of fused-ring (bicyclic) bond motifs is 1. The molecule has 1 aliphatic rings. The summed E-state index contributed by atoms with van der Waals surface area (Å²) in [6, 6.07) is 12.8. The first-order valence-electron chi connectivity index (χ1n) is 8.99. The molecule has 3 heteroatoms. The van der Waals surface area contributed by atoms with Crippen molar-refractivity contribution in [2.24, 2.45) is 0 Å². The molecule has 0 fully saturated rings. The third-order valence-electron chi connectivity index (χ3n) is 5.60. The van der Waals surface area contributed by atoms with Crippen LogP contribution in [-0.4, -0.2) is 12.6 Å². The van der Waals surface area contributed by atoms with E-state index in [1.165, 1.54) is 23.4 Å². The average Bonchev–Trinajstić information content (AvgIpc) is 2.59. The lowest BCUT2D eigenvalue weighted by Gasteiger charge is -2.45. The third-order valence-corrected chi connectivity index (χ3v) is 5.60. The van der Waals surface area contributed by atoms with Gasteiger partial charge in [-0.3, -0.25) is 0 Å². The highest BCUT2D eigenvalue weighted by Crippen LogP contribution is 2.43. The zero-order valence-electron chi connectivity index (χ0n) is 16.1. The van der Waals surface area contributed by atoms with Gasteiger partial charge in [-0.05, 0) is 85.7 Å². The zero-order chi connectivity index (χ0) is 19.1. The number of nitrogens with zero attached hydrogens (tertiary/aromatic N) is 2. The highest BCUT2D eigenvalue weighted by atomic mass is 19.1. The molecule has 0 radical (unpaired) electrons. The summed E-state index contributed by atoms with van der Waals surface area (Å²) < 4.78 is 13.2. The predicted molar refractivity (Wildman–Crippen MR) is 107 cm³/mol. The van der Waals surface area contributed by atoms with Crippen molar-refractivity contribution in [1.82, 2.24) is 0 Å². The Bertz CT molecular complexity index is 901. The fourth-order valence-corrected chi connectivity index (χ4v) is 3.86. The van der Waals surface area contributed by atoms with Crippen LogP contribution in [0.2, 0.25) is 0 Å². The van der Waals surface area contributed by atoms with Gasteiger partial charge < -0.3 is 4.90 Å². The number of hydrogen-bond acceptors (Lipinski definition) is 2. The van der Waals surface area contributed by atoms with Crippen molar-refractivity contribution < 1.29 is 4.39 Å². The molecule has 3 rings (SSSR count). The van der Waals surface area contributed by atoms with Crippen LogP contribution in [0.25, 0.3) is 11.6 Å². The van der Waals surface area contributed by atoms with Gasteiger partial charge in [-0.25, -0.2) is 4.39 Å². The number of hydrogen-bond donors (Lipinski definition) is 0. The van der Waals surface area contributed by atoms with E-state index in [9.17, 15) is 9.65 Å². The molecule has 1 aliphatic heterocycles. The highest BCUT2D eigenvalue weighted by Gasteiger charge is 2.34. The number of allylic oxidation sites excluding steroid dienone is 1. The van der Waals surface area contributed by atoms with Crippen LogP contribution in [0, 0.1) is 24.1 Å². The minimum absolute atomic E-state index is 0.127. The summed E-state index contributed by atoms with van der Waals surface area (Å²) in [6.07, 6.45) is 3.00. The summed E-state index contributed by atoms with van der Waals surface area (Å²) in [4.78, 5) is 2.36. The van der Waals surface area contributed by atoms with Gasteiger partial charge in [-0.1, -0.05) is 19.1 Å². The molecule has 0 bridgehead atoms. The van der Waals surface area contributed by atoms with Crippen LogP contribution >= 0.6 is 0 Å². The molecule has 0 amide bonds. The van der Waals surface area contributed by atoms with E-state index in [0.717, 1.165) is 23.1 Å². The molecule has 0 N–H and O–H groups in total. The van der Waals surface area contributed by atoms with Crippen LogP contribution in [0.3, 0.4) is 0 Å². The lowest BCUT2D eigenvalue weighted by molar-refractivity contribution is 0.395. The number of rotatable bonds is 2. The van der Waals surface area contributed by atoms with Gasteiger partial charge in [0, 0.05) is 18.3 Å². The van der Waals surface area contributed by atoms with Gasteiger partial charge in [-0.15, -0.1) is 0 Å². The zero-order valence-corrected chi connectivity index (χ0v) is 16.1. The molecule has 1 heterocycles. The molecule has 0 saturated heterocycles. The second kappa shape index (κ2) is 6.61. The van der Waals surface area contributed by atoms with E-state index in [4.69, 9.17) is 0 Å². The summed E-state index contributed by atoms with van der Waals surface area (Å²) >= 11 is 0. The Morgan fingerprint density at radius 2 is 1.92 bits per heavy atom. The molecule has 0 spiro atoms. The van der Waals surface area contributed by atoms with E-state index in [0.29, 0.717) is 11.5 Å². The molecule has 2 aromatic carbocycles. The van der Waals surface area contributed by atoms with Crippen molar-refractivity contribution in [2.45, 2.75) is 45.6 Å². The Hall–Kier alpha value is -2.60. The van der Waals surface area contributed by atoms with E-state index in [1.807, 2.05) is 6.08 Å². The standard InChI is InChI=1S/C23H25FN2/c1-15-10-22-21(16(2)13-23(3,4)26(22)5)12-18(15)11-19(14-25)17-6-8-20(24)9-7-17/h6-12,16H,13H2,1-5H3/b19-11-/t16-/m0/s1. The van der Waals surface area contributed by atoms with Gasteiger partial charge >= 0.3 is 0 Å². The van der Waals surface area contributed by atoms with Crippen molar-refractivity contribution in [3.05, 3.63) is 64.5 Å².